The van der Waals surface area contributed by atoms with Crippen molar-refractivity contribution in [3.05, 3.63) is 46.0 Å². The summed E-state index contributed by atoms with van der Waals surface area (Å²) < 4.78 is 74.9. The first-order chi connectivity index (χ1) is 30.9. The van der Waals surface area contributed by atoms with Crippen LogP contribution < -0.4 is 29.6 Å². The SMILES string of the molecule is COc1cc2c(c(F)c1OCCCOc1c(OC)cc3c(c1F)CN(C(=O)CCC(=O)O[C@@H](C)CNC(=O)CCOCCOCCNC(=O)OC(C)(C)C)C3)CN(C(=O)CCC(=O)O)C2. The molecule has 0 fully saturated rings. The number of amides is 4. The van der Waals surface area contributed by atoms with E-state index < -0.39 is 53.2 Å². The molecule has 0 saturated heterocycles. The number of carboxylic acids is 1. The van der Waals surface area contributed by atoms with Crippen LogP contribution in [0.2, 0.25) is 0 Å². The van der Waals surface area contributed by atoms with Crippen molar-refractivity contribution in [2.24, 2.45) is 0 Å². The van der Waals surface area contributed by atoms with Crippen LogP contribution in [0.4, 0.5) is 13.6 Å². The number of ether oxygens (including phenoxy) is 8. The molecule has 2 aliphatic rings. The molecule has 2 heterocycles. The minimum atomic E-state index is -1.11. The molecule has 2 aromatic carbocycles. The Morgan fingerprint density at radius 3 is 1.74 bits per heavy atom. The monoisotopic (exact) mass is 922 g/mol. The summed E-state index contributed by atoms with van der Waals surface area (Å²) in [4.78, 5) is 75.5. The van der Waals surface area contributed by atoms with Gasteiger partial charge in [-0.3, -0.25) is 24.0 Å². The average Bonchev–Trinajstić information content (AvgIpc) is 3.89. The molecule has 0 aliphatic carbocycles. The fourth-order valence-corrected chi connectivity index (χ4v) is 6.69. The highest BCUT2D eigenvalue weighted by Gasteiger charge is 2.32. The fraction of sp³-hybridized carbons (Fsp3) is 0.591. The molecule has 2 aromatic rings. The molecule has 0 spiro atoms. The molecular weight excluding hydrogens is 862 g/mol. The van der Waals surface area contributed by atoms with E-state index >= 15 is 8.78 Å². The minimum absolute atomic E-state index is 0.0444. The molecule has 19 nitrogen and oxygen atoms in total. The van der Waals surface area contributed by atoms with Crippen molar-refractivity contribution in [2.45, 2.75) is 104 Å². The first-order valence-electron chi connectivity index (χ1n) is 21.3. The summed E-state index contributed by atoms with van der Waals surface area (Å²) in [6, 6.07) is 3.16. The lowest BCUT2D eigenvalue weighted by Crippen LogP contribution is -2.34. The van der Waals surface area contributed by atoms with Crippen LogP contribution in [0, 0.1) is 11.6 Å². The van der Waals surface area contributed by atoms with Crippen molar-refractivity contribution in [1.82, 2.24) is 20.4 Å². The summed E-state index contributed by atoms with van der Waals surface area (Å²) in [5.74, 6) is -4.38. The first-order valence-corrected chi connectivity index (χ1v) is 21.3. The summed E-state index contributed by atoms with van der Waals surface area (Å²) in [5.41, 5.74) is 0.932. The zero-order valence-corrected chi connectivity index (χ0v) is 37.8. The molecule has 360 valence electrons. The lowest BCUT2D eigenvalue weighted by Gasteiger charge is -2.19. The molecule has 4 amide bonds. The van der Waals surface area contributed by atoms with E-state index in [1.807, 2.05) is 0 Å². The molecular formula is C44H60F2N4O15. The van der Waals surface area contributed by atoms with Crippen molar-refractivity contribution in [3.8, 4) is 23.0 Å². The summed E-state index contributed by atoms with van der Waals surface area (Å²) in [7, 11) is 2.70. The Balaban J connectivity index is 1.13. The number of carbonyl (C=O) groups excluding carboxylic acids is 5. The van der Waals surface area contributed by atoms with Gasteiger partial charge < -0.3 is 63.4 Å². The normalized spacial score (nSPS) is 13.4. The zero-order chi connectivity index (χ0) is 47.7. The lowest BCUT2D eigenvalue weighted by molar-refractivity contribution is -0.150. The maximum absolute atomic E-state index is 15.9. The van der Waals surface area contributed by atoms with Gasteiger partial charge in [-0.1, -0.05) is 0 Å². The second kappa shape index (κ2) is 24.9. The van der Waals surface area contributed by atoms with Crippen molar-refractivity contribution in [3.63, 3.8) is 0 Å². The molecule has 0 aromatic heterocycles. The van der Waals surface area contributed by atoms with Gasteiger partial charge in [-0.25, -0.2) is 13.6 Å². The maximum atomic E-state index is 15.9. The number of methoxy groups -OCH3 is 2. The molecule has 65 heavy (non-hydrogen) atoms. The summed E-state index contributed by atoms with van der Waals surface area (Å²) in [5, 5.41) is 14.1. The second-order valence-electron chi connectivity index (χ2n) is 16.2. The molecule has 4 rings (SSSR count). The van der Waals surface area contributed by atoms with Crippen LogP contribution in [-0.2, 0) is 69.1 Å². The minimum Gasteiger partial charge on any atom is -0.493 e. The third-order valence-electron chi connectivity index (χ3n) is 9.88. The number of benzene rings is 2. The molecule has 0 radical (unpaired) electrons. The van der Waals surface area contributed by atoms with Crippen LogP contribution in [0.25, 0.3) is 0 Å². The molecule has 0 unspecified atom stereocenters. The van der Waals surface area contributed by atoms with E-state index in [0.29, 0.717) is 11.1 Å². The van der Waals surface area contributed by atoms with Crippen LogP contribution >= 0.6 is 0 Å². The summed E-state index contributed by atoms with van der Waals surface area (Å²) in [6.07, 6.45) is -1.89. The maximum Gasteiger partial charge on any atom is 0.407 e. The van der Waals surface area contributed by atoms with Crippen molar-refractivity contribution in [1.29, 1.82) is 0 Å². The van der Waals surface area contributed by atoms with E-state index in [-0.39, 0.29) is 157 Å². The first kappa shape index (κ1) is 51.7. The smallest absolute Gasteiger partial charge is 0.407 e. The fourth-order valence-electron chi connectivity index (χ4n) is 6.69. The number of aliphatic carboxylic acids is 1. The van der Waals surface area contributed by atoms with E-state index in [1.165, 1.54) is 24.0 Å². The second-order valence-corrected chi connectivity index (χ2v) is 16.2. The number of nitrogens with one attached hydrogen (secondary N) is 2. The molecule has 0 bridgehead atoms. The highest BCUT2D eigenvalue weighted by molar-refractivity contribution is 5.82. The van der Waals surface area contributed by atoms with E-state index in [0.717, 1.165) is 0 Å². The standard InChI is InChI=1S/C44H60F2N4O15/c1-27(22-48-34(51)12-16-60-18-19-61-17-13-47-43(57)65-44(2,3)4)64-38(56)11-9-36(53)50-24-29-21-33(59-6)42(40(46)31(29)26-50)63-15-7-14-62-41-32(58-5)20-28-23-49(25-30(28)39(41)45)35(52)8-10-37(54)55/h20-21,27H,7-19,22-26H2,1-6H3,(H,47,57)(H,48,51)(H,54,55)/t27-/m0/s1. The van der Waals surface area contributed by atoms with Crippen LogP contribution in [0.5, 0.6) is 23.0 Å². The van der Waals surface area contributed by atoms with Crippen LogP contribution in [0.3, 0.4) is 0 Å². The van der Waals surface area contributed by atoms with Crippen LogP contribution in [0.1, 0.15) is 88.5 Å². The molecule has 0 saturated carbocycles. The van der Waals surface area contributed by atoms with Gasteiger partial charge >= 0.3 is 18.0 Å². The van der Waals surface area contributed by atoms with Crippen molar-refractivity contribution in [2.75, 3.05) is 67.0 Å². The van der Waals surface area contributed by atoms with E-state index in [9.17, 15) is 28.8 Å². The predicted octanol–water partition coefficient (Wildman–Crippen LogP) is 4.16. The Kier molecular flexibility index (Phi) is 19.8. The highest BCUT2D eigenvalue weighted by atomic mass is 19.1. The van der Waals surface area contributed by atoms with E-state index in [2.05, 4.69) is 10.6 Å². The van der Waals surface area contributed by atoms with Gasteiger partial charge in [-0.15, -0.1) is 0 Å². The average molecular weight is 923 g/mol. The Hall–Kier alpha value is -5.96. The van der Waals surface area contributed by atoms with Gasteiger partial charge in [-0.05, 0) is 51.0 Å². The van der Waals surface area contributed by atoms with Crippen LogP contribution in [-0.4, -0.2) is 129 Å². The number of alkyl carbamates (subject to hydrolysis) is 1. The Labute approximate surface area is 376 Å². The number of carboxylic acid groups (broad SMARTS) is 1. The predicted molar refractivity (Wildman–Crippen MR) is 225 cm³/mol. The summed E-state index contributed by atoms with van der Waals surface area (Å²) in [6.45, 7) is 8.15. The van der Waals surface area contributed by atoms with E-state index in [1.54, 1.807) is 39.8 Å². The number of carbonyl (C=O) groups is 6. The van der Waals surface area contributed by atoms with Gasteiger partial charge in [0.25, 0.3) is 0 Å². The number of hydrogen-bond donors (Lipinski definition) is 3. The van der Waals surface area contributed by atoms with Gasteiger partial charge in [0.1, 0.15) is 11.7 Å². The highest BCUT2D eigenvalue weighted by Crippen LogP contribution is 2.40. The third-order valence-corrected chi connectivity index (χ3v) is 9.88. The number of halogens is 2. The molecule has 21 heteroatoms. The van der Waals surface area contributed by atoms with Gasteiger partial charge in [0.2, 0.25) is 17.7 Å². The Morgan fingerprint density at radius 1 is 0.708 bits per heavy atom. The largest absolute Gasteiger partial charge is 0.493 e. The zero-order valence-electron chi connectivity index (χ0n) is 37.8. The Bertz CT molecular complexity index is 2010. The van der Waals surface area contributed by atoms with Gasteiger partial charge in [0.15, 0.2) is 34.6 Å². The topological polar surface area (TPSA) is 227 Å². The molecule has 2 aliphatic heterocycles. The number of hydrogen-bond acceptors (Lipinski definition) is 14. The van der Waals surface area contributed by atoms with Gasteiger partial charge in [0, 0.05) is 69.5 Å². The van der Waals surface area contributed by atoms with Gasteiger partial charge in [0.05, 0.1) is 73.2 Å². The van der Waals surface area contributed by atoms with E-state index in [4.69, 9.17) is 43.0 Å². The lowest BCUT2D eigenvalue weighted by atomic mass is 10.1. The third kappa shape index (κ3) is 16.2. The van der Waals surface area contributed by atoms with Gasteiger partial charge in [-0.2, -0.15) is 0 Å². The number of rotatable bonds is 26. The molecule has 1 atom stereocenters. The number of fused-ring (bicyclic) bond motifs is 2. The Morgan fingerprint density at radius 2 is 1.23 bits per heavy atom. The quantitative estimate of drug-likeness (QED) is 0.0890. The molecule has 3 N–H and O–H groups in total. The van der Waals surface area contributed by atoms with Crippen molar-refractivity contribution >= 4 is 35.8 Å². The number of esters is 1. The van der Waals surface area contributed by atoms with Crippen molar-refractivity contribution < 1.29 is 80.5 Å². The van der Waals surface area contributed by atoms with Crippen LogP contribution in [0.15, 0.2) is 12.1 Å². The summed E-state index contributed by atoms with van der Waals surface area (Å²) >= 11 is 0. The number of nitrogens with zero attached hydrogens (tertiary/aromatic N) is 2.